The van der Waals surface area contributed by atoms with Crippen molar-refractivity contribution in [2.24, 2.45) is 0 Å². The molecule has 0 saturated carbocycles. The fraction of sp³-hybridized carbons (Fsp3) is 0.143. The summed E-state index contributed by atoms with van der Waals surface area (Å²) in [5.74, 6) is 1.88. The van der Waals surface area contributed by atoms with Crippen LogP contribution in [0.5, 0.6) is 11.5 Å². The minimum absolute atomic E-state index is 0.0360. The summed E-state index contributed by atoms with van der Waals surface area (Å²) in [5.41, 5.74) is 0. The summed E-state index contributed by atoms with van der Waals surface area (Å²) in [4.78, 5) is 0. The van der Waals surface area contributed by atoms with Crippen LogP contribution >= 0.6 is 0 Å². The van der Waals surface area contributed by atoms with E-state index < -0.39 is 0 Å². The Hall–Kier alpha value is -0.381. The minimum atomic E-state index is -0.0360. The molecule has 2 rings (SSSR count). The van der Waals surface area contributed by atoms with Gasteiger partial charge in [0, 0.05) is 0 Å². The SMILES string of the molecule is COc1ccc([Te][Te]c2ccc(OC)cc2)cc1. The third-order valence-corrected chi connectivity index (χ3v) is 14.2. The van der Waals surface area contributed by atoms with Gasteiger partial charge in [0.15, 0.2) is 0 Å². The summed E-state index contributed by atoms with van der Waals surface area (Å²) in [5, 5.41) is 0. The van der Waals surface area contributed by atoms with E-state index in [2.05, 4.69) is 48.5 Å². The topological polar surface area (TPSA) is 18.5 Å². The molecule has 0 fully saturated rings. The molecule has 0 bridgehead atoms. The number of methoxy groups -OCH3 is 2. The second kappa shape index (κ2) is 7.27. The molecular weight excluding hydrogens is 455 g/mol. The summed E-state index contributed by atoms with van der Waals surface area (Å²) in [6.07, 6.45) is 0. The third kappa shape index (κ3) is 4.08. The zero-order valence-corrected chi connectivity index (χ0v) is 14.9. The maximum absolute atomic E-state index is 5.17. The summed E-state index contributed by atoms with van der Waals surface area (Å²) in [6, 6.07) is 17.0. The second-order valence-corrected chi connectivity index (χ2v) is 13.5. The monoisotopic (exact) mass is 474 g/mol. The fourth-order valence-corrected chi connectivity index (χ4v) is 11.3. The van der Waals surface area contributed by atoms with Crippen molar-refractivity contribution < 1.29 is 9.47 Å². The van der Waals surface area contributed by atoms with Gasteiger partial charge in [0.25, 0.3) is 0 Å². The van der Waals surface area contributed by atoms with Crippen LogP contribution in [-0.4, -0.2) is 48.3 Å². The fourth-order valence-electron chi connectivity index (χ4n) is 1.36. The van der Waals surface area contributed by atoms with Crippen LogP contribution in [0.3, 0.4) is 0 Å². The van der Waals surface area contributed by atoms with Crippen molar-refractivity contribution in [1.29, 1.82) is 0 Å². The molecule has 0 saturated heterocycles. The van der Waals surface area contributed by atoms with E-state index in [0.717, 1.165) is 11.5 Å². The van der Waals surface area contributed by atoms with Crippen molar-refractivity contribution in [2.75, 3.05) is 14.2 Å². The first-order valence-corrected chi connectivity index (χ1v) is 15.1. The van der Waals surface area contributed by atoms with Crippen LogP contribution in [0.2, 0.25) is 0 Å². The second-order valence-electron chi connectivity index (χ2n) is 3.52. The standard InChI is InChI=1S/C14H14O2Te2/c1-15-11-3-7-13(8-4-11)17-18-14-9-5-12(16-2)6-10-14/h3-10H,1-2H3. The van der Waals surface area contributed by atoms with Gasteiger partial charge in [-0.2, -0.15) is 0 Å². The van der Waals surface area contributed by atoms with Gasteiger partial charge in [-0.05, 0) is 0 Å². The average Bonchev–Trinajstić information content (AvgIpc) is 2.46. The van der Waals surface area contributed by atoms with Crippen LogP contribution in [0.15, 0.2) is 48.5 Å². The quantitative estimate of drug-likeness (QED) is 0.608. The molecule has 2 nitrogen and oxygen atoms in total. The van der Waals surface area contributed by atoms with Crippen LogP contribution in [0.25, 0.3) is 0 Å². The average molecular weight is 469 g/mol. The van der Waals surface area contributed by atoms with Gasteiger partial charge >= 0.3 is 125 Å². The number of hydrogen-bond acceptors (Lipinski definition) is 2. The van der Waals surface area contributed by atoms with Gasteiger partial charge < -0.3 is 0 Å². The molecular formula is C14H14O2Te2. The summed E-state index contributed by atoms with van der Waals surface area (Å²) < 4.78 is 13.4. The van der Waals surface area contributed by atoms with Crippen molar-refractivity contribution >= 4 is 41.3 Å². The van der Waals surface area contributed by atoms with Gasteiger partial charge in [-0.3, -0.25) is 0 Å². The summed E-state index contributed by atoms with van der Waals surface area (Å²) in [7, 11) is 3.41. The Bertz CT molecular complexity index is 433. The molecule has 0 unspecified atom stereocenters. The Morgan fingerprint density at radius 2 is 0.944 bits per heavy atom. The van der Waals surface area contributed by atoms with Crippen molar-refractivity contribution in [3.63, 3.8) is 0 Å². The van der Waals surface area contributed by atoms with Crippen LogP contribution in [0.4, 0.5) is 0 Å². The van der Waals surface area contributed by atoms with E-state index in [9.17, 15) is 0 Å². The first-order chi connectivity index (χ1) is 8.81. The molecule has 0 N–H and O–H groups in total. The van der Waals surface area contributed by atoms with E-state index in [1.54, 1.807) is 14.2 Å². The molecule has 0 atom stereocenters. The molecule has 2 aromatic carbocycles. The summed E-state index contributed by atoms with van der Waals surface area (Å²) in [6.45, 7) is 0. The van der Waals surface area contributed by atoms with Crippen molar-refractivity contribution in [3.05, 3.63) is 48.5 Å². The van der Waals surface area contributed by atoms with Crippen molar-refractivity contribution in [1.82, 2.24) is 0 Å². The Labute approximate surface area is 124 Å². The molecule has 4 heteroatoms. The van der Waals surface area contributed by atoms with E-state index in [1.165, 1.54) is 7.22 Å². The number of hydrogen-bond donors (Lipinski definition) is 0. The third-order valence-electron chi connectivity index (χ3n) is 2.35. The first kappa shape index (κ1) is 14.0. The Balaban J connectivity index is 1.93. The molecule has 0 aromatic heterocycles. The molecule has 0 amide bonds. The normalized spacial score (nSPS) is 10.1. The van der Waals surface area contributed by atoms with Crippen LogP contribution < -0.4 is 16.7 Å². The Morgan fingerprint density at radius 1 is 0.611 bits per heavy atom. The zero-order chi connectivity index (χ0) is 12.8. The molecule has 0 aliphatic carbocycles. The van der Waals surface area contributed by atoms with Gasteiger partial charge in [-0.1, -0.05) is 0 Å². The van der Waals surface area contributed by atoms with Crippen LogP contribution in [0.1, 0.15) is 0 Å². The van der Waals surface area contributed by atoms with E-state index in [4.69, 9.17) is 9.47 Å². The number of benzene rings is 2. The van der Waals surface area contributed by atoms with Gasteiger partial charge in [-0.25, -0.2) is 0 Å². The molecule has 0 heterocycles. The molecule has 2 aromatic rings. The molecule has 94 valence electrons. The van der Waals surface area contributed by atoms with Gasteiger partial charge in [0.1, 0.15) is 0 Å². The number of rotatable bonds is 5. The van der Waals surface area contributed by atoms with E-state index in [0.29, 0.717) is 0 Å². The molecule has 0 spiro atoms. The van der Waals surface area contributed by atoms with Crippen LogP contribution in [0, 0.1) is 0 Å². The van der Waals surface area contributed by atoms with Crippen molar-refractivity contribution in [2.45, 2.75) is 0 Å². The Morgan fingerprint density at radius 3 is 1.22 bits per heavy atom. The molecule has 0 aliphatic rings. The molecule has 0 radical (unpaired) electrons. The van der Waals surface area contributed by atoms with E-state index in [-0.39, 0.29) is 34.1 Å². The zero-order valence-electron chi connectivity index (χ0n) is 10.3. The predicted molar refractivity (Wildman–Crippen MR) is 76.8 cm³/mol. The van der Waals surface area contributed by atoms with Crippen molar-refractivity contribution in [3.8, 4) is 11.5 Å². The first-order valence-electron chi connectivity index (χ1n) is 5.44. The number of ether oxygens (including phenoxy) is 2. The van der Waals surface area contributed by atoms with Gasteiger partial charge in [0.05, 0.1) is 0 Å². The summed E-state index contributed by atoms with van der Waals surface area (Å²) >= 11 is -0.0719. The molecule has 18 heavy (non-hydrogen) atoms. The van der Waals surface area contributed by atoms with Gasteiger partial charge in [-0.15, -0.1) is 0 Å². The van der Waals surface area contributed by atoms with Gasteiger partial charge in [0.2, 0.25) is 0 Å². The molecule has 0 aliphatic heterocycles. The Kier molecular flexibility index (Phi) is 5.67. The van der Waals surface area contributed by atoms with Crippen LogP contribution in [-0.2, 0) is 0 Å². The predicted octanol–water partition coefficient (Wildman–Crippen LogP) is 0.978. The van der Waals surface area contributed by atoms with E-state index >= 15 is 0 Å². The van der Waals surface area contributed by atoms with E-state index in [1.807, 2.05) is 0 Å². The maximum atomic E-state index is 5.17.